The highest BCUT2D eigenvalue weighted by Crippen LogP contribution is 2.46. The van der Waals surface area contributed by atoms with Crippen LogP contribution in [0.4, 0.5) is 10.1 Å². The van der Waals surface area contributed by atoms with Crippen molar-refractivity contribution in [2.75, 3.05) is 25.1 Å². The number of carbonyl (C=O) groups excluding carboxylic acids is 2. The molecule has 0 aliphatic carbocycles. The fraction of sp³-hybridized carbons (Fsp3) is 0.250. The van der Waals surface area contributed by atoms with Crippen LogP contribution in [0.2, 0.25) is 9.36 Å². The normalized spacial score (nSPS) is 16.2. The van der Waals surface area contributed by atoms with Gasteiger partial charge in [0.25, 0.3) is 10.0 Å². The molecule has 2 amide bonds. The first kappa shape index (κ1) is 27.3. The molecule has 0 spiro atoms. The number of ether oxygens (including phenoxy) is 1. The van der Waals surface area contributed by atoms with Gasteiger partial charge in [-0.25, -0.2) is 17.5 Å². The van der Waals surface area contributed by atoms with Gasteiger partial charge in [0.1, 0.15) is 20.1 Å². The Morgan fingerprint density at radius 1 is 1.27 bits per heavy atom. The predicted octanol–water partition coefficient (Wildman–Crippen LogP) is 4.54. The second-order valence-electron chi connectivity index (χ2n) is 8.23. The molecule has 0 radical (unpaired) electrons. The SMILES string of the molecule is COc1ccccc1-c1ccc(N2CCCC(c3c(S(=O)(=O)NCC(N)=O)sc(Cl)c3Cl)C2=O)c(F)c1. The minimum Gasteiger partial charge on any atom is -0.496 e. The van der Waals surface area contributed by atoms with Crippen LogP contribution in [0, 0.1) is 5.82 Å². The summed E-state index contributed by atoms with van der Waals surface area (Å²) in [6.07, 6.45) is 0.740. The van der Waals surface area contributed by atoms with E-state index in [4.69, 9.17) is 33.7 Å². The molecule has 1 fully saturated rings. The number of rotatable bonds is 8. The third-order valence-electron chi connectivity index (χ3n) is 5.94. The van der Waals surface area contributed by atoms with Crippen LogP contribution in [0.15, 0.2) is 46.7 Å². The average molecular weight is 586 g/mol. The summed E-state index contributed by atoms with van der Waals surface area (Å²) in [5.41, 5.74) is 6.40. The summed E-state index contributed by atoms with van der Waals surface area (Å²) in [6.45, 7) is -0.402. The molecule has 1 aliphatic rings. The van der Waals surface area contributed by atoms with Gasteiger partial charge in [-0.05, 0) is 36.6 Å². The Labute approximate surface area is 227 Å². The maximum atomic E-state index is 15.4. The van der Waals surface area contributed by atoms with E-state index in [1.807, 2.05) is 6.07 Å². The van der Waals surface area contributed by atoms with E-state index in [1.54, 1.807) is 24.3 Å². The number of halogens is 3. The van der Waals surface area contributed by atoms with E-state index in [0.29, 0.717) is 34.6 Å². The molecule has 37 heavy (non-hydrogen) atoms. The summed E-state index contributed by atoms with van der Waals surface area (Å²) in [5.74, 6) is -2.43. The highest BCUT2D eigenvalue weighted by atomic mass is 35.5. The number of amides is 2. The summed E-state index contributed by atoms with van der Waals surface area (Å²) in [6, 6.07) is 11.7. The Morgan fingerprint density at radius 2 is 2.00 bits per heavy atom. The van der Waals surface area contributed by atoms with Crippen molar-refractivity contribution in [1.82, 2.24) is 4.72 Å². The molecule has 1 aromatic heterocycles. The van der Waals surface area contributed by atoms with Gasteiger partial charge < -0.3 is 15.4 Å². The number of benzene rings is 2. The predicted molar refractivity (Wildman–Crippen MR) is 141 cm³/mol. The molecule has 1 saturated heterocycles. The van der Waals surface area contributed by atoms with Crippen molar-refractivity contribution in [2.45, 2.75) is 23.0 Å². The van der Waals surface area contributed by atoms with E-state index < -0.39 is 40.1 Å². The minimum atomic E-state index is -4.25. The number of piperidine rings is 1. The molecule has 196 valence electrons. The van der Waals surface area contributed by atoms with Gasteiger partial charge in [0.15, 0.2) is 0 Å². The van der Waals surface area contributed by atoms with Crippen molar-refractivity contribution in [3.63, 3.8) is 0 Å². The molecule has 4 rings (SSSR count). The quantitative estimate of drug-likeness (QED) is 0.402. The first-order valence-electron chi connectivity index (χ1n) is 11.0. The lowest BCUT2D eigenvalue weighted by Gasteiger charge is -2.33. The molecule has 13 heteroatoms. The first-order chi connectivity index (χ1) is 17.5. The molecule has 2 heterocycles. The lowest BCUT2D eigenvalue weighted by molar-refractivity contribution is -0.121. The van der Waals surface area contributed by atoms with Gasteiger partial charge in [-0.3, -0.25) is 9.59 Å². The second-order valence-corrected chi connectivity index (χ2v) is 12.2. The molecule has 1 atom stereocenters. The van der Waals surface area contributed by atoms with Gasteiger partial charge in [-0.15, -0.1) is 11.3 Å². The summed E-state index contributed by atoms with van der Waals surface area (Å²) >= 11 is 13.2. The van der Waals surface area contributed by atoms with Crippen LogP contribution in [-0.2, 0) is 19.6 Å². The number of nitrogens with zero attached hydrogens (tertiary/aromatic N) is 1. The highest BCUT2D eigenvalue weighted by Gasteiger charge is 2.39. The number of sulfonamides is 1. The lowest BCUT2D eigenvalue weighted by atomic mass is 9.91. The van der Waals surface area contributed by atoms with Crippen LogP contribution in [0.5, 0.6) is 5.75 Å². The van der Waals surface area contributed by atoms with E-state index in [0.717, 1.165) is 0 Å². The Kier molecular flexibility index (Phi) is 8.10. The fourth-order valence-electron chi connectivity index (χ4n) is 4.26. The Hall–Kier alpha value is -2.70. The number of primary amides is 1. The van der Waals surface area contributed by atoms with Gasteiger partial charge in [0, 0.05) is 17.7 Å². The van der Waals surface area contributed by atoms with E-state index in [9.17, 15) is 18.0 Å². The van der Waals surface area contributed by atoms with Crippen LogP contribution in [0.25, 0.3) is 11.1 Å². The molecule has 2 aromatic carbocycles. The van der Waals surface area contributed by atoms with Crippen molar-refractivity contribution in [2.24, 2.45) is 5.73 Å². The molecule has 0 saturated carbocycles. The second kappa shape index (κ2) is 11.0. The summed E-state index contributed by atoms with van der Waals surface area (Å²) < 4.78 is 48.3. The number of para-hydroxylation sites is 1. The molecule has 1 unspecified atom stereocenters. The minimum absolute atomic E-state index is 0.0200. The number of methoxy groups -OCH3 is 1. The number of carbonyl (C=O) groups is 2. The average Bonchev–Trinajstić information content (AvgIpc) is 3.18. The van der Waals surface area contributed by atoms with E-state index in [2.05, 4.69) is 4.72 Å². The molecular weight excluding hydrogens is 564 g/mol. The standard InChI is InChI=1S/C24H22Cl2FN3O5S2/c1-35-18-7-3-2-5-14(18)13-8-9-17(16(27)11-13)30-10-4-6-15(23(30)32)20-21(25)22(26)36-24(20)37(33,34)29-12-19(28)31/h2-3,5,7-9,11,15,29H,4,6,10,12H2,1H3,(H2,28,31). The van der Waals surface area contributed by atoms with Crippen LogP contribution in [0.1, 0.15) is 24.3 Å². The summed E-state index contributed by atoms with van der Waals surface area (Å²) in [4.78, 5) is 26.0. The zero-order valence-corrected chi connectivity index (χ0v) is 22.6. The third kappa shape index (κ3) is 5.46. The fourth-order valence-corrected chi connectivity index (χ4v) is 7.77. The van der Waals surface area contributed by atoms with Gasteiger partial charge in [0.05, 0.1) is 30.3 Å². The van der Waals surface area contributed by atoms with E-state index >= 15 is 4.39 Å². The molecular formula is C24H22Cl2FN3O5S2. The number of anilines is 1. The summed E-state index contributed by atoms with van der Waals surface area (Å²) in [5, 5.41) is -0.0710. The van der Waals surface area contributed by atoms with E-state index in [-0.39, 0.29) is 37.8 Å². The van der Waals surface area contributed by atoms with E-state index in [1.165, 1.54) is 24.1 Å². The van der Waals surface area contributed by atoms with Crippen molar-refractivity contribution in [1.29, 1.82) is 0 Å². The van der Waals surface area contributed by atoms with Crippen LogP contribution in [0.3, 0.4) is 0 Å². The van der Waals surface area contributed by atoms with Gasteiger partial charge in [-0.1, -0.05) is 47.5 Å². The molecule has 3 aromatic rings. The Bertz CT molecular complexity index is 1480. The Balaban J connectivity index is 1.69. The van der Waals surface area contributed by atoms with Gasteiger partial charge in [0.2, 0.25) is 11.8 Å². The van der Waals surface area contributed by atoms with Gasteiger partial charge in [-0.2, -0.15) is 0 Å². The molecule has 0 bridgehead atoms. The number of thiophene rings is 1. The molecule has 3 N–H and O–H groups in total. The lowest BCUT2D eigenvalue weighted by Crippen LogP contribution is -2.41. The van der Waals surface area contributed by atoms with Crippen LogP contribution >= 0.6 is 34.5 Å². The smallest absolute Gasteiger partial charge is 0.250 e. The molecule has 1 aliphatic heterocycles. The third-order valence-corrected chi connectivity index (χ3v) is 9.89. The number of nitrogens with one attached hydrogen (secondary N) is 1. The van der Waals surface area contributed by atoms with Crippen molar-refractivity contribution >= 4 is 62.1 Å². The zero-order chi connectivity index (χ0) is 26.9. The monoisotopic (exact) mass is 585 g/mol. The maximum absolute atomic E-state index is 15.4. The first-order valence-corrected chi connectivity index (χ1v) is 14.1. The van der Waals surface area contributed by atoms with Gasteiger partial charge >= 0.3 is 0 Å². The topological polar surface area (TPSA) is 119 Å². The largest absolute Gasteiger partial charge is 0.496 e. The van der Waals surface area contributed by atoms with Crippen LogP contribution in [-0.4, -0.2) is 40.4 Å². The maximum Gasteiger partial charge on any atom is 0.250 e. The number of hydrogen-bond donors (Lipinski definition) is 2. The number of nitrogens with two attached hydrogens (primary N) is 1. The van der Waals surface area contributed by atoms with Crippen molar-refractivity contribution in [3.8, 4) is 16.9 Å². The highest BCUT2D eigenvalue weighted by molar-refractivity contribution is 7.91. The molecule has 8 nitrogen and oxygen atoms in total. The van der Waals surface area contributed by atoms with Crippen LogP contribution < -0.4 is 20.1 Å². The van der Waals surface area contributed by atoms with Crippen molar-refractivity contribution in [3.05, 3.63) is 63.2 Å². The number of hydrogen-bond acceptors (Lipinski definition) is 6. The zero-order valence-electron chi connectivity index (χ0n) is 19.5. The van der Waals surface area contributed by atoms with Crippen molar-refractivity contribution < 1.29 is 27.1 Å². The summed E-state index contributed by atoms with van der Waals surface area (Å²) in [7, 11) is -2.73. The Morgan fingerprint density at radius 3 is 2.68 bits per heavy atom.